The van der Waals surface area contributed by atoms with E-state index in [-0.39, 0.29) is 0 Å². The third-order valence-electron chi connectivity index (χ3n) is 3.59. The Labute approximate surface area is 112 Å². The lowest BCUT2D eigenvalue weighted by atomic mass is 10.0. The molecule has 0 aliphatic carbocycles. The van der Waals surface area contributed by atoms with Gasteiger partial charge in [-0.25, -0.2) is 4.98 Å². The summed E-state index contributed by atoms with van der Waals surface area (Å²) in [7, 11) is 0. The van der Waals surface area contributed by atoms with Crippen LogP contribution in [0.15, 0.2) is 36.4 Å². The Hall–Kier alpha value is -2.29. The van der Waals surface area contributed by atoms with Crippen LogP contribution in [0.5, 0.6) is 0 Å². The molecule has 0 aliphatic heterocycles. The number of aromatic nitrogens is 2. The van der Waals surface area contributed by atoms with E-state index in [9.17, 15) is 0 Å². The van der Waals surface area contributed by atoms with Crippen molar-refractivity contribution < 1.29 is 0 Å². The van der Waals surface area contributed by atoms with Crippen molar-refractivity contribution in [3.05, 3.63) is 53.2 Å². The maximum Gasteiger partial charge on any atom is 0.139 e. The van der Waals surface area contributed by atoms with E-state index >= 15 is 0 Å². The molecule has 0 fully saturated rings. The Balaban J connectivity index is 2.38. The maximum atomic E-state index is 6.31. The normalized spacial score (nSPS) is 11.1. The fourth-order valence-corrected chi connectivity index (χ4v) is 2.65. The lowest BCUT2D eigenvalue weighted by Crippen LogP contribution is -1.98. The molecule has 2 aromatic heterocycles. The largest absolute Gasteiger partial charge is 0.383 e. The minimum Gasteiger partial charge on any atom is -0.383 e. The van der Waals surface area contributed by atoms with Crippen LogP contribution >= 0.6 is 0 Å². The Kier molecular flexibility index (Phi) is 2.56. The highest BCUT2D eigenvalue weighted by molar-refractivity contribution is 5.79. The number of nitrogen functional groups attached to an aromatic ring is 1. The summed E-state index contributed by atoms with van der Waals surface area (Å²) in [6, 6.07) is 12.3. The zero-order chi connectivity index (χ0) is 13.6. The molecule has 19 heavy (non-hydrogen) atoms. The van der Waals surface area contributed by atoms with Crippen LogP contribution in [-0.4, -0.2) is 9.38 Å². The molecule has 2 N–H and O–H groups in total. The maximum absolute atomic E-state index is 6.31. The first kappa shape index (κ1) is 11.8. The number of hydrogen-bond donors (Lipinski definition) is 1. The summed E-state index contributed by atoms with van der Waals surface area (Å²) in [5.41, 5.74) is 12.7. The van der Waals surface area contributed by atoms with Crippen molar-refractivity contribution in [3.8, 4) is 11.3 Å². The summed E-state index contributed by atoms with van der Waals surface area (Å²) in [5, 5.41) is 0. The lowest BCUT2D eigenvalue weighted by Gasteiger charge is -2.08. The molecule has 0 unspecified atom stereocenters. The molecule has 0 amide bonds. The van der Waals surface area contributed by atoms with E-state index < -0.39 is 0 Å². The number of anilines is 1. The standard InChI is InChI=1S/C16H17N3/c1-10-6-4-7-11(2)14(10)15-16(17)19-12(3)8-5-9-13(19)18-15/h4-9H,17H2,1-3H3. The SMILES string of the molecule is Cc1cccc(C)c1-c1nc2cccc(C)n2c1N. The van der Waals surface area contributed by atoms with Gasteiger partial charge in [0.1, 0.15) is 17.2 Å². The van der Waals surface area contributed by atoms with Gasteiger partial charge in [-0.15, -0.1) is 0 Å². The first-order chi connectivity index (χ1) is 9.09. The number of pyridine rings is 1. The molecule has 3 rings (SSSR count). The van der Waals surface area contributed by atoms with Crippen molar-refractivity contribution in [3.63, 3.8) is 0 Å². The van der Waals surface area contributed by atoms with Crippen LogP contribution in [0.2, 0.25) is 0 Å². The molecule has 1 aromatic carbocycles. The van der Waals surface area contributed by atoms with Crippen molar-refractivity contribution in [2.45, 2.75) is 20.8 Å². The van der Waals surface area contributed by atoms with E-state index in [2.05, 4.69) is 32.0 Å². The Morgan fingerprint density at radius 1 is 0.947 bits per heavy atom. The van der Waals surface area contributed by atoms with Crippen molar-refractivity contribution in [2.75, 3.05) is 5.73 Å². The third kappa shape index (κ3) is 1.70. The van der Waals surface area contributed by atoms with Crippen LogP contribution in [0.1, 0.15) is 16.8 Å². The van der Waals surface area contributed by atoms with Crippen LogP contribution in [0.4, 0.5) is 5.82 Å². The number of imidazole rings is 1. The summed E-state index contributed by atoms with van der Waals surface area (Å²) in [6.45, 7) is 6.23. The number of aryl methyl sites for hydroxylation is 3. The summed E-state index contributed by atoms with van der Waals surface area (Å²) in [6.07, 6.45) is 0. The summed E-state index contributed by atoms with van der Waals surface area (Å²) in [4.78, 5) is 4.70. The van der Waals surface area contributed by atoms with Gasteiger partial charge >= 0.3 is 0 Å². The molecule has 2 heterocycles. The second kappa shape index (κ2) is 4.12. The highest BCUT2D eigenvalue weighted by Gasteiger charge is 2.15. The molecule has 0 saturated carbocycles. The zero-order valence-corrected chi connectivity index (χ0v) is 11.4. The highest BCUT2D eigenvalue weighted by Crippen LogP contribution is 2.32. The molecule has 0 bridgehead atoms. The van der Waals surface area contributed by atoms with Gasteiger partial charge in [-0.2, -0.15) is 0 Å². The molecule has 3 heteroatoms. The molecule has 0 atom stereocenters. The van der Waals surface area contributed by atoms with Crippen LogP contribution < -0.4 is 5.73 Å². The van der Waals surface area contributed by atoms with Crippen LogP contribution in [0.25, 0.3) is 16.9 Å². The Bertz CT molecular complexity index is 749. The number of hydrogen-bond acceptors (Lipinski definition) is 2. The summed E-state index contributed by atoms with van der Waals surface area (Å²) >= 11 is 0. The smallest absolute Gasteiger partial charge is 0.139 e. The molecule has 3 nitrogen and oxygen atoms in total. The molecule has 0 spiro atoms. The van der Waals surface area contributed by atoms with Crippen LogP contribution in [0.3, 0.4) is 0 Å². The topological polar surface area (TPSA) is 43.3 Å². The van der Waals surface area contributed by atoms with Gasteiger partial charge in [0.2, 0.25) is 0 Å². The second-order valence-corrected chi connectivity index (χ2v) is 4.97. The zero-order valence-electron chi connectivity index (χ0n) is 11.4. The van der Waals surface area contributed by atoms with E-state index in [1.54, 1.807) is 0 Å². The van der Waals surface area contributed by atoms with Crippen LogP contribution in [0, 0.1) is 20.8 Å². The van der Waals surface area contributed by atoms with E-state index in [0.29, 0.717) is 5.82 Å². The molecule has 0 radical (unpaired) electrons. The lowest BCUT2D eigenvalue weighted by molar-refractivity contribution is 1.10. The third-order valence-corrected chi connectivity index (χ3v) is 3.59. The van der Waals surface area contributed by atoms with Gasteiger partial charge in [0.15, 0.2) is 0 Å². The van der Waals surface area contributed by atoms with Crippen LogP contribution in [-0.2, 0) is 0 Å². The first-order valence-electron chi connectivity index (χ1n) is 6.39. The molecular weight excluding hydrogens is 234 g/mol. The van der Waals surface area contributed by atoms with Gasteiger partial charge in [-0.3, -0.25) is 4.40 Å². The minimum absolute atomic E-state index is 0.713. The van der Waals surface area contributed by atoms with Gasteiger partial charge < -0.3 is 5.73 Å². The van der Waals surface area contributed by atoms with E-state index in [1.807, 2.05) is 29.5 Å². The predicted octanol–water partition coefficient (Wildman–Crippen LogP) is 3.51. The number of nitrogens with two attached hydrogens (primary N) is 1. The van der Waals surface area contributed by atoms with Gasteiger partial charge in [-0.05, 0) is 44.0 Å². The van der Waals surface area contributed by atoms with E-state index in [0.717, 1.165) is 22.6 Å². The molecule has 3 aromatic rings. The van der Waals surface area contributed by atoms with Gasteiger partial charge in [0, 0.05) is 11.3 Å². The van der Waals surface area contributed by atoms with Crippen molar-refractivity contribution in [2.24, 2.45) is 0 Å². The van der Waals surface area contributed by atoms with Crippen molar-refractivity contribution in [1.29, 1.82) is 0 Å². The summed E-state index contributed by atoms with van der Waals surface area (Å²) < 4.78 is 2.00. The molecule has 0 aliphatic rings. The number of rotatable bonds is 1. The highest BCUT2D eigenvalue weighted by atomic mass is 15.1. The van der Waals surface area contributed by atoms with Crippen molar-refractivity contribution in [1.82, 2.24) is 9.38 Å². The fourth-order valence-electron chi connectivity index (χ4n) is 2.65. The number of nitrogens with zero attached hydrogens (tertiary/aromatic N) is 2. The molecule has 96 valence electrons. The predicted molar refractivity (Wildman–Crippen MR) is 79.3 cm³/mol. The van der Waals surface area contributed by atoms with Gasteiger partial charge in [-0.1, -0.05) is 24.3 Å². The average Bonchev–Trinajstić information content (AvgIpc) is 2.68. The first-order valence-corrected chi connectivity index (χ1v) is 6.39. The summed E-state index contributed by atoms with van der Waals surface area (Å²) in [5.74, 6) is 0.713. The van der Waals surface area contributed by atoms with Crippen molar-refractivity contribution >= 4 is 11.5 Å². The Morgan fingerprint density at radius 3 is 2.21 bits per heavy atom. The fraction of sp³-hybridized carbons (Fsp3) is 0.188. The monoisotopic (exact) mass is 251 g/mol. The second-order valence-electron chi connectivity index (χ2n) is 4.97. The van der Waals surface area contributed by atoms with Gasteiger partial charge in [0.25, 0.3) is 0 Å². The van der Waals surface area contributed by atoms with E-state index in [4.69, 9.17) is 10.7 Å². The number of benzene rings is 1. The molecular formula is C16H17N3. The van der Waals surface area contributed by atoms with E-state index in [1.165, 1.54) is 11.1 Å². The Morgan fingerprint density at radius 2 is 1.58 bits per heavy atom. The van der Waals surface area contributed by atoms with Gasteiger partial charge in [0.05, 0.1) is 0 Å². The average molecular weight is 251 g/mol. The molecule has 0 saturated heterocycles. The quantitative estimate of drug-likeness (QED) is 0.719. The number of fused-ring (bicyclic) bond motifs is 1. The minimum atomic E-state index is 0.713.